The monoisotopic (exact) mass is 312 g/mol. The molecule has 0 amide bonds. The molecule has 0 aliphatic heterocycles. The Hall–Kier alpha value is -0.840. The van der Waals surface area contributed by atoms with Crippen LogP contribution in [-0.4, -0.2) is 9.38 Å². The number of halogens is 2. The molecule has 0 unspecified atom stereocenters. The first-order valence-electron chi connectivity index (χ1n) is 4.62. The van der Waals surface area contributed by atoms with Crippen molar-refractivity contribution >= 4 is 44.4 Å². The zero-order chi connectivity index (χ0) is 11.1. The van der Waals surface area contributed by atoms with Crippen LogP contribution >= 0.6 is 38.9 Å². The Bertz CT molecular complexity index is 659. The van der Waals surface area contributed by atoms with E-state index in [9.17, 15) is 0 Å². The van der Waals surface area contributed by atoms with Crippen LogP contribution in [0.15, 0.2) is 40.4 Å². The van der Waals surface area contributed by atoms with E-state index in [0.717, 1.165) is 25.0 Å². The van der Waals surface area contributed by atoms with Gasteiger partial charge < -0.3 is 0 Å². The second kappa shape index (κ2) is 3.87. The normalized spacial score (nSPS) is 11.1. The van der Waals surface area contributed by atoms with Gasteiger partial charge in [0.15, 0.2) is 5.82 Å². The molecule has 2 nitrogen and oxygen atoms in total. The molecule has 0 bridgehead atoms. The number of imidazole rings is 1. The molecular formula is C11H6BrClN2S. The summed E-state index contributed by atoms with van der Waals surface area (Å²) in [6.45, 7) is 0. The molecule has 0 aliphatic rings. The SMILES string of the molecule is Clc1ccn2c(-c3ccc(Br)s3)ncc2c1. The van der Waals surface area contributed by atoms with Crippen molar-refractivity contribution in [2.24, 2.45) is 0 Å². The van der Waals surface area contributed by atoms with Gasteiger partial charge in [0.05, 0.1) is 20.4 Å². The van der Waals surface area contributed by atoms with Crippen LogP contribution in [-0.2, 0) is 0 Å². The first-order valence-corrected chi connectivity index (χ1v) is 6.61. The van der Waals surface area contributed by atoms with Crippen LogP contribution in [0.1, 0.15) is 0 Å². The molecule has 0 spiro atoms. The zero-order valence-electron chi connectivity index (χ0n) is 8.02. The van der Waals surface area contributed by atoms with Gasteiger partial charge in [-0.15, -0.1) is 11.3 Å². The molecular weight excluding hydrogens is 308 g/mol. The average molecular weight is 314 g/mol. The van der Waals surface area contributed by atoms with Gasteiger partial charge >= 0.3 is 0 Å². The second-order valence-corrected chi connectivity index (χ2v) is 6.22. The van der Waals surface area contributed by atoms with Gasteiger partial charge in [0.2, 0.25) is 0 Å². The van der Waals surface area contributed by atoms with Crippen molar-refractivity contribution < 1.29 is 0 Å². The van der Waals surface area contributed by atoms with Gasteiger partial charge in [-0.1, -0.05) is 11.6 Å². The lowest BCUT2D eigenvalue weighted by Gasteiger charge is -1.98. The zero-order valence-corrected chi connectivity index (χ0v) is 11.2. The summed E-state index contributed by atoms with van der Waals surface area (Å²) >= 11 is 11.1. The van der Waals surface area contributed by atoms with E-state index in [1.807, 2.05) is 35.0 Å². The minimum Gasteiger partial charge on any atom is -0.299 e. The third kappa shape index (κ3) is 1.67. The van der Waals surface area contributed by atoms with Crippen molar-refractivity contribution in [2.45, 2.75) is 0 Å². The van der Waals surface area contributed by atoms with Crippen molar-refractivity contribution in [1.29, 1.82) is 0 Å². The summed E-state index contributed by atoms with van der Waals surface area (Å²) in [4.78, 5) is 5.55. The van der Waals surface area contributed by atoms with Crippen LogP contribution in [0, 0.1) is 0 Å². The lowest BCUT2D eigenvalue weighted by molar-refractivity contribution is 1.17. The Morgan fingerprint density at radius 1 is 1.31 bits per heavy atom. The van der Waals surface area contributed by atoms with Gasteiger partial charge in [-0.3, -0.25) is 4.40 Å². The van der Waals surface area contributed by atoms with Gasteiger partial charge in [-0.2, -0.15) is 0 Å². The molecule has 80 valence electrons. The van der Waals surface area contributed by atoms with Crippen molar-refractivity contribution in [3.63, 3.8) is 0 Å². The first kappa shape index (κ1) is 10.3. The quantitative estimate of drug-likeness (QED) is 0.647. The Balaban J connectivity index is 2.25. The number of hydrogen-bond acceptors (Lipinski definition) is 2. The predicted molar refractivity (Wildman–Crippen MR) is 71.2 cm³/mol. The average Bonchev–Trinajstić information content (AvgIpc) is 2.83. The Morgan fingerprint density at radius 3 is 2.94 bits per heavy atom. The predicted octanol–water partition coefficient (Wildman–Crippen LogP) is 4.48. The van der Waals surface area contributed by atoms with E-state index in [2.05, 4.69) is 27.0 Å². The number of hydrogen-bond donors (Lipinski definition) is 0. The van der Waals surface area contributed by atoms with Gasteiger partial charge in [0, 0.05) is 11.2 Å². The lowest BCUT2D eigenvalue weighted by Crippen LogP contribution is -1.86. The maximum absolute atomic E-state index is 5.93. The van der Waals surface area contributed by atoms with E-state index in [4.69, 9.17) is 11.6 Å². The standard InChI is InChI=1S/C11H6BrClN2S/c12-10-2-1-9(16-10)11-14-6-8-5-7(13)3-4-15(8)11/h1-6H. The minimum absolute atomic E-state index is 0.728. The van der Waals surface area contributed by atoms with Crippen LogP contribution in [0.4, 0.5) is 0 Å². The summed E-state index contributed by atoms with van der Waals surface area (Å²) in [5.41, 5.74) is 1.01. The molecule has 5 heteroatoms. The summed E-state index contributed by atoms with van der Waals surface area (Å²) in [6, 6.07) is 7.85. The smallest absolute Gasteiger partial charge is 0.154 e. The molecule has 16 heavy (non-hydrogen) atoms. The highest BCUT2D eigenvalue weighted by atomic mass is 79.9. The fourth-order valence-corrected chi connectivity index (χ4v) is 3.14. The van der Waals surface area contributed by atoms with Crippen molar-refractivity contribution in [3.05, 3.63) is 45.5 Å². The van der Waals surface area contributed by atoms with Crippen LogP contribution in [0.25, 0.3) is 16.2 Å². The van der Waals surface area contributed by atoms with Gasteiger partial charge in [-0.25, -0.2) is 4.98 Å². The maximum Gasteiger partial charge on any atom is 0.154 e. The molecule has 3 rings (SSSR count). The molecule has 3 heterocycles. The molecule has 3 aromatic rings. The molecule has 3 aromatic heterocycles. The Kier molecular flexibility index (Phi) is 2.50. The van der Waals surface area contributed by atoms with Crippen LogP contribution in [0.2, 0.25) is 5.02 Å². The van der Waals surface area contributed by atoms with E-state index in [1.54, 1.807) is 11.3 Å². The van der Waals surface area contributed by atoms with Gasteiger partial charge in [0.25, 0.3) is 0 Å². The molecule has 0 fully saturated rings. The number of nitrogens with zero attached hydrogens (tertiary/aromatic N) is 2. The number of aromatic nitrogens is 2. The van der Waals surface area contributed by atoms with E-state index >= 15 is 0 Å². The summed E-state index contributed by atoms with van der Waals surface area (Å²) < 4.78 is 3.14. The molecule has 0 aromatic carbocycles. The van der Waals surface area contributed by atoms with Crippen LogP contribution in [0.5, 0.6) is 0 Å². The third-order valence-corrected chi connectivity index (χ3v) is 4.14. The molecule has 0 radical (unpaired) electrons. The van der Waals surface area contributed by atoms with E-state index in [-0.39, 0.29) is 0 Å². The molecule has 0 atom stereocenters. The fourth-order valence-electron chi connectivity index (χ4n) is 1.59. The molecule has 0 N–H and O–H groups in total. The van der Waals surface area contributed by atoms with Gasteiger partial charge in [-0.05, 0) is 40.2 Å². The highest BCUT2D eigenvalue weighted by Crippen LogP contribution is 2.31. The highest BCUT2D eigenvalue weighted by molar-refractivity contribution is 9.11. The Labute approximate surface area is 110 Å². The van der Waals surface area contributed by atoms with Crippen LogP contribution < -0.4 is 0 Å². The van der Waals surface area contributed by atoms with Gasteiger partial charge in [0.1, 0.15) is 0 Å². The Morgan fingerprint density at radius 2 is 2.19 bits per heavy atom. The largest absolute Gasteiger partial charge is 0.299 e. The fraction of sp³-hybridized carbons (Fsp3) is 0. The summed E-state index contributed by atoms with van der Waals surface area (Å²) in [6.07, 6.45) is 3.77. The molecule has 0 aliphatic carbocycles. The van der Waals surface area contributed by atoms with E-state index < -0.39 is 0 Å². The van der Waals surface area contributed by atoms with Crippen molar-refractivity contribution in [1.82, 2.24) is 9.38 Å². The van der Waals surface area contributed by atoms with E-state index in [0.29, 0.717) is 0 Å². The number of fused-ring (bicyclic) bond motifs is 1. The molecule has 0 saturated carbocycles. The number of pyridine rings is 1. The number of rotatable bonds is 1. The summed E-state index contributed by atoms with van der Waals surface area (Å²) in [7, 11) is 0. The highest BCUT2D eigenvalue weighted by Gasteiger charge is 2.08. The lowest BCUT2D eigenvalue weighted by atomic mass is 10.4. The van der Waals surface area contributed by atoms with E-state index in [1.165, 1.54) is 0 Å². The number of thiophene rings is 1. The van der Waals surface area contributed by atoms with Crippen molar-refractivity contribution in [2.75, 3.05) is 0 Å². The maximum atomic E-state index is 5.93. The minimum atomic E-state index is 0.728. The second-order valence-electron chi connectivity index (χ2n) is 3.33. The third-order valence-electron chi connectivity index (χ3n) is 2.29. The first-order chi connectivity index (χ1) is 7.74. The topological polar surface area (TPSA) is 17.3 Å². The van der Waals surface area contributed by atoms with Crippen LogP contribution in [0.3, 0.4) is 0 Å². The summed E-state index contributed by atoms with van der Waals surface area (Å²) in [5, 5.41) is 0.728. The summed E-state index contributed by atoms with van der Waals surface area (Å²) in [5.74, 6) is 0.947. The van der Waals surface area contributed by atoms with Crippen molar-refractivity contribution in [3.8, 4) is 10.7 Å². The molecule has 0 saturated heterocycles.